The van der Waals surface area contributed by atoms with Crippen LogP contribution in [0, 0.1) is 0 Å². The summed E-state index contributed by atoms with van der Waals surface area (Å²) in [5.74, 6) is 0.873. The summed E-state index contributed by atoms with van der Waals surface area (Å²) in [5, 5.41) is 0. The molecule has 100 valence electrons. The Kier molecular flexibility index (Phi) is 5.54. The largest absolute Gasteiger partial charge is 0.352 e. The van der Waals surface area contributed by atoms with Crippen molar-refractivity contribution >= 4 is 11.8 Å². The summed E-state index contributed by atoms with van der Waals surface area (Å²) >= 11 is 1.86. The minimum Gasteiger partial charge on any atom is -0.352 e. The van der Waals surface area contributed by atoms with E-state index in [-0.39, 0.29) is 6.29 Å². The molecule has 1 aliphatic rings. The van der Waals surface area contributed by atoms with Crippen LogP contribution in [-0.4, -0.2) is 25.3 Å². The predicted octanol–water partition coefficient (Wildman–Crippen LogP) is 3.67. The SMILES string of the molecule is CCOC(CSc1cccc2c1CCC2)OCC. The molecule has 2 nitrogen and oxygen atoms in total. The minimum atomic E-state index is -0.0812. The standard InChI is InChI=1S/C15H22O2S/c1-3-16-15(17-4-2)11-18-14-10-6-8-12-7-5-9-13(12)14/h6,8,10,15H,3-5,7,9,11H2,1-2H3. The smallest absolute Gasteiger partial charge is 0.166 e. The van der Waals surface area contributed by atoms with Gasteiger partial charge in [0.2, 0.25) is 0 Å². The monoisotopic (exact) mass is 266 g/mol. The molecule has 1 aromatic carbocycles. The van der Waals surface area contributed by atoms with E-state index in [4.69, 9.17) is 9.47 Å². The molecule has 0 aromatic heterocycles. The number of hydrogen-bond donors (Lipinski definition) is 0. The van der Waals surface area contributed by atoms with Gasteiger partial charge < -0.3 is 9.47 Å². The van der Waals surface area contributed by atoms with Crippen molar-refractivity contribution in [3.05, 3.63) is 29.3 Å². The van der Waals surface area contributed by atoms with Crippen LogP contribution in [0.2, 0.25) is 0 Å². The van der Waals surface area contributed by atoms with E-state index in [0.29, 0.717) is 13.2 Å². The third-order valence-corrected chi connectivity index (χ3v) is 4.32. The van der Waals surface area contributed by atoms with Crippen molar-refractivity contribution < 1.29 is 9.47 Å². The van der Waals surface area contributed by atoms with Gasteiger partial charge in [0.25, 0.3) is 0 Å². The van der Waals surface area contributed by atoms with Gasteiger partial charge in [0.15, 0.2) is 6.29 Å². The van der Waals surface area contributed by atoms with Crippen LogP contribution in [0.3, 0.4) is 0 Å². The zero-order chi connectivity index (χ0) is 12.8. The molecule has 2 rings (SSSR count). The van der Waals surface area contributed by atoms with Crippen LogP contribution >= 0.6 is 11.8 Å². The van der Waals surface area contributed by atoms with Gasteiger partial charge in [-0.05, 0) is 50.3 Å². The van der Waals surface area contributed by atoms with E-state index >= 15 is 0 Å². The van der Waals surface area contributed by atoms with Gasteiger partial charge in [0.05, 0.1) is 0 Å². The zero-order valence-electron chi connectivity index (χ0n) is 11.3. The van der Waals surface area contributed by atoms with Gasteiger partial charge >= 0.3 is 0 Å². The highest BCUT2D eigenvalue weighted by atomic mass is 32.2. The van der Waals surface area contributed by atoms with Crippen LogP contribution in [0.1, 0.15) is 31.4 Å². The molecule has 0 saturated heterocycles. The normalized spacial score (nSPS) is 14.2. The maximum atomic E-state index is 5.58. The topological polar surface area (TPSA) is 18.5 Å². The van der Waals surface area contributed by atoms with Crippen molar-refractivity contribution in [1.29, 1.82) is 0 Å². The maximum absolute atomic E-state index is 5.58. The summed E-state index contributed by atoms with van der Waals surface area (Å²) in [6, 6.07) is 6.65. The van der Waals surface area contributed by atoms with Crippen molar-refractivity contribution in [3.63, 3.8) is 0 Å². The molecule has 18 heavy (non-hydrogen) atoms. The van der Waals surface area contributed by atoms with E-state index in [2.05, 4.69) is 18.2 Å². The summed E-state index contributed by atoms with van der Waals surface area (Å²) < 4.78 is 11.2. The molecule has 0 atom stereocenters. The van der Waals surface area contributed by atoms with Gasteiger partial charge in [-0.1, -0.05) is 12.1 Å². The third-order valence-electron chi connectivity index (χ3n) is 3.18. The Labute approximate surface area is 114 Å². The van der Waals surface area contributed by atoms with Crippen molar-refractivity contribution in [2.75, 3.05) is 19.0 Å². The summed E-state index contributed by atoms with van der Waals surface area (Å²) in [7, 11) is 0. The molecule has 0 amide bonds. The Morgan fingerprint density at radius 1 is 1.17 bits per heavy atom. The number of ether oxygens (including phenoxy) is 2. The fourth-order valence-electron chi connectivity index (χ4n) is 2.39. The Morgan fingerprint density at radius 3 is 2.67 bits per heavy atom. The highest BCUT2D eigenvalue weighted by molar-refractivity contribution is 7.99. The zero-order valence-corrected chi connectivity index (χ0v) is 12.1. The molecule has 0 bridgehead atoms. The lowest BCUT2D eigenvalue weighted by Crippen LogP contribution is -2.20. The van der Waals surface area contributed by atoms with Gasteiger partial charge in [-0.25, -0.2) is 0 Å². The predicted molar refractivity (Wildman–Crippen MR) is 76.2 cm³/mol. The van der Waals surface area contributed by atoms with Gasteiger partial charge in [-0.15, -0.1) is 11.8 Å². The summed E-state index contributed by atoms with van der Waals surface area (Å²) in [6.07, 6.45) is 3.69. The molecule has 0 saturated carbocycles. The second-order valence-corrected chi connectivity index (χ2v) is 5.46. The molecule has 0 heterocycles. The van der Waals surface area contributed by atoms with Gasteiger partial charge in [-0.2, -0.15) is 0 Å². The van der Waals surface area contributed by atoms with Crippen LogP contribution in [0.4, 0.5) is 0 Å². The molecule has 0 unspecified atom stereocenters. The van der Waals surface area contributed by atoms with Crippen molar-refractivity contribution in [2.24, 2.45) is 0 Å². The number of hydrogen-bond acceptors (Lipinski definition) is 3. The van der Waals surface area contributed by atoms with E-state index in [9.17, 15) is 0 Å². The van der Waals surface area contributed by atoms with Crippen LogP contribution in [0.15, 0.2) is 23.1 Å². The first-order chi connectivity index (χ1) is 8.85. The van der Waals surface area contributed by atoms with E-state index < -0.39 is 0 Å². The van der Waals surface area contributed by atoms with Gasteiger partial charge in [0, 0.05) is 23.9 Å². The second kappa shape index (κ2) is 7.17. The molecule has 0 N–H and O–H groups in total. The summed E-state index contributed by atoms with van der Waals surface area (Å²) in [4.78, 5) is 1.41. The fourth-order valence-corrected chi connectivity index (χ4v) is 3.48. The summed E-state index contributed by atoms with van der Waals surface area (Å²) in [6.45, 7) is 5.43. The Balaban J connectivity index is 1.95. The molecular formula is C15H22O2S. The Hall–Kier alpha value is -0.510. The molecular weight excluding hydrogens is 244 g/mol. The minimum absolute atomic E-state index is 0.0812. The Bertz CT molecular complexity index is 373. The van der Waals surface area contributed by atoms with Gasteiger partial charge in [-0.3, -0.25) is 0 Å². The first-order valence-corrected chi connectivity index (χ1v) is 7.80. The van der Waals surface area contributed by atoms with E-state index in [1.54, 1.807) is 5.56 Å². The highest BCUT2D eigenvalue weighted by Crippen LogP contribution is 2.32. The number of aryl methyl sites for hydroxylation is 1. The molecule has 0 fully saturated rings. The average molecular weight is 266 g/mol. The molecule has 1 aliphatic carbocycles. The van der Waals surface area contributed by atoms with E-state index in [0.717, 1.165) is 5.75 Å². The first-order valence-electron chi connectivity index (χ1n) is 6.82. The number of benzene rings is 1. The average Bonchev–Trinajstić information content (AvgIpc) is 2.85. The molecule has 0 spiro atoms. The molecule has 3 heteroatoms. The maximum Gasteiger partial charge on any atom is 0.166 e. The van der Waals surface area contributed by atoms with Gasteiger partial charge in [0.1, 0.15) is 0 Å². The molecule has 0 aliphatic heterocycles. The van der Waals surface area contributed by atoms with Crippen LogP contribution in [0.25, 0.3) is 0 Å². The van der Waals surface area contributed by atoms with E-state index in [1.165, 1.54) is 29.7 Å². The highest BCUT2D eigenvalue weighted by Gasteiger charge is 2.16. The molecule has 1 aromatic rings. The third kappa shape index (κ3) is 3.50. The van der Waals surface area contributed by atoms with E-state index in [1.807, 2.05) is 25.6 Å². The lowest BCUT2D eigenvalue weighted by Gasteiger charge is -2.17. The number of fused-ring (bicyclic) bond motifs is 1. The number of rotatable bonds is 7. The van der Waals surface area contributed by atoms with Crippen LogP contribution in [0.5, 0.6) is 0 Å². The fraction of sp³-hybridized carbons (Fsp3) is 0.600. The summed E-state index contributed by atoms with van der Waals surface area (Å²) in [5.41, 5.74) is 3.08. The lowest BCUT2D eigenvalue weighted by molar-refractivity contribution is -0.120. The van der Waals surface area contributed by atoms with Crippen molar-refractivity contribution in [2.45, 2.75) is 44.3 Å². The van der Waals surface area contributed by atoms with Crippen LogP contribution < -0.4 is 0 Å². The molecule has 0 radical (unpaired) electrons. The first kappa shape index (κ1) is 13.9. The number of thioether (sulfide) groups is 1. The van der Waals surface area contributed by atoms with Crippen LogP contribution in [-0.2, 0) is 22.3 Å². The van der Waals surface area contributed by atoms with Crippen molar-refractivity contribution in [1.82, 2.24) is 0 Å². The quantitative estimate of drug-likeness (QED) is 0.554. The lowest BCUT2D eigenvalue weighted by atomic mass is 10.1. The second-order valence-electron chi connectivity index (χ2n) is 4.40. The van der Waals surface area contributed by atoms with Crippen molar-refractivity contribution in [3.8, 4) is 0 Å². The Morgan fingerprint density at radius 2 is 1.94 bits per heavy atom.